The Kier molecular flexibility index (Phi) is 7.58. The molecule has 1 saturated heterocycles. The normalized spacial score (nSPS) is 17.2. The minimum absolute atomic E-state index is 0.292. The first kappa shape index (κ1) is 25.2. The largest absolute Gasteiger partial charge is 0.454 e. The molecule has 2 aliphatic rings. The topological polar surface area (TPSA) is 125 Å². The van der Waals surface area contributed by atoms with Gasteiger partial charge in [0.15, 0.2) is 6.61 Å². The molecule has 3 rings (SSSR count). The van der Waals surface area contributed by atoms with Crippen molar-refractivity contribution in [2.24, 2.45) is 0 Å². The van der Waals surface area contributed by atoms with Crippen LogP contribution in [0, 0.1) is 20.8 Å². The number of aryl methyl sites for hydroxylation is 3. The molecule has 1 aromatic carbocycles. The summed E-state index contributed by atoms with van der Waals surface area (Å²) in [6, 6.07) is 3.36. The van der Waals surface area contributed by atoms with Crippen molar-refractivity contribution >= 4 is 35.4 Å². The third-order valence-corrected chi connectivity index (χ3v) is 6.52. The molecule has 34 heavy (non-hydrogen) atoms. The van der Waals surface area contributed by atoms with Gasteiger partial charge in [0, 0.05) is 12.7 Å². The Morgan fingerprint density at radius 1 is 1.00 bits per heavy atom. The molecule has 2 N–H and O–H groups in total. The molecular weight excluding hydrogens is 440 g/mol. The first-order valence-corrected chi connectivity index (χ1v) is 11.4. The molecule has 2 fully saturated rings. The summed E-state index contributed by atoms with van der Waals surface area (Å²) in [6.45, 7) is 4.28. The molecule has 1 aromatic rings. The maximum Gasteiger partial charge on any atom is 0.327 e. The summed E-state index contributed by atoms with van der Waals surface area (Å²) in [4.78, 5) is 64.2. The summed E-state index contributed by atoms with van der Waals surface area (Å²) in [5.41, 5.74) is 2.72. The molecule has 10 heteroatoms. The van der Waals surface area contributed by atoms with E-state index in [9.17, 15) is 24.0 Å². The Balaban J connectivity index is 1.44. The highest BCUT2D eigenvalue weighted by molar-refractivity contribution is 6.08. The second-order valence-electron chi connectivity index (χ2n) is 9.08. The zero-order valence-corrected chi connectivity index (χ0v) is 20.2. The number of carbonyl (C=O) groups is 5. The summed E-state index contributed by atoms with van der Waals surface area (Å²) in [6.07, 6.45) is 3.85. The quantitative estimate of drug-likeness (QED) is 0.461. The van der Waals surface area contributed by atoms with Gasteiger partial charge in [-0.15, -0.1) is 0 Å². The van der Waals surface area contributed by atoms with Gasteiger partial charge in [-0.1, -0.05) is 37.0 Å². The lowest BCUT2D eigenvalue weighted by Crippen LogP contribution is -2.49. The van der Waals surface area contributed by atoms with Crippen molar-refractivity contribution in [1.29, 1.82) is 0 Å². The van der Waals surface area contributed by atoms with E-state index >= 15 is 0 Å². The second kappa shape index (κ2) is 10.2. The fraction of sp³-hybridized carbons (Fsp3) is 0.542. The van der Waals surface area contributed by atoms with Crippen LogP contribution < -0.4 is 10.6 Å². The van der Waals surface area contributed by atoms with E-state index in [2.05, 4.69) is 10.6 Å². The van der Waals surface area contributed by atoms with Crippen LogP contribution in [0.2, 0.25) is 0 Å². The van der Waals surface area contributed by atoms with E-state index in [1.165, 1.54) is 4.90 Å². The minimum atomic E-state index is -0.880. The standard InChI is InChI=1S/C24H32N4O6/c1-15-10-16(2)21(17(3)11-15)26-18(29)12-25-19(30)14-34-20(31)13-28-22(32)24(27(4)23(28)33)8-6-5-7-9-24/h10-11H,5-9,12-14H2,1-4H3,(H,25,30)(H,26,29). The number of imide groups is 1. The van der Waals surface area contributed by atoms with E-state index < -0.39 is 42.5 Å². The van der Waals surface area contributed by atoms with Gasteiger partial charge in [0.05, 0.1) is 6.54 Å². The fourth-order valence-corrected chi connectivity index (χ4v) is 4.78. The van der Waals surface area contributed by atoms with Crippen LogP contribution in [0.1, 0.15) is 48.8 Å². The molecule has 184 valence electrons. The number of nitrogens with zero attached hydrogens (tertiary/aromatic N) is 2. The summed E-state index contributed by atoms with van der Waals surface area (Å²) < 4.78 is 4.93. The average Bonchev–Trinajstić information content (AvgIpc) is 2.95. The molecule has 1 aliphatic carbocycles. The number of benzene rings is 1. The van der Waals surface area contributed by atoms with Crippen LogP contribution in [0.15, 0.2) is 12.1 Å². The number of urea groups is 1. The number of anilines is 1. The van der Waals surface area contributed by atoms with Gasteiger partial charge < -0.3 is 20.3 Å². The van der Waals surface area contributed by atoms with Crippen molar-refractivity contribution in [2.75, 3.05) is 32.1 Å². The average molecular weight is 473 g/mol. The van der Waals surface area contributed by atoms with Crippen LogP contribution in [-0.2, 0) is 23.9 Å². The summed E-state index contributed by atoms with van der Waals surface area (Å²) >= 11 is 0. The van der Waals surface area contributed by atoms with Crippen molar-refractivity contribution in [3.63, 3.8) is 0 Å². The van der Waals surface area contributed by atoms with E-state index in [-0.39, 0.29) is 12.5 Å². The lowest BCUT2D eigenvalue weighted by Gasteiger charge is -2.35. The highest BCUT2D eigenvalue weighted by atomic mass is 16.5. The van der Waals surface area contributed by atoms with Crippen LogP contribution >= 0.6 is 0 Å². The Bertz CT molecular complexity index is 992. The van der Waals surface area contributed by atoms with Crippen molar-refractivity contribution in [3.8, 4) is 0 Å². The first-order valence-electron chi connectivity index (χ1n) is 11.4. The number of hydrogen-bond acceptors (Lipinski definition) is 6. The Labute approximate surface area is 199 Å². The van der Waals surface area contributed by atoms with Gasteiger partial charge in [0.1, 0.15) is 12.1 Å². The molecule has 1 heterocycles. The molecule has 0 bridgehead atoms. The number of likely N-dealkylation sites (N-methyl/N-ethyl adjacent to an activating group) is 1. The van der Waals surface area contributed by atoms with Gasteiger partial charge >= 0.3 is 12.0 Å². The van der Waals surface area contributed by atoms with Crippen LogP contribution in [0.3, 0.4) is 0 Å². The highest BCUT2D eigenvalue weighted by Gasteiger charge is 2.55. The summed E-state index contributed by atoms with van der Waals surface area (Å²) in [5.74, 6) is -2.34. The van der Waals surface area contributed by atoms with Gasteiger partial charge in [-0.25, -0.2) is 4.79 Å². The van der Waals surface area contributed by atoms with E-state index in [0.29, 0.717) is 18.5 Å². The van der Waals surface area contributed by atoms with E-state index in [4.69, 9.17) is 4.74 Å². The summed E-state index contributed by atoms with van der Waals surface area (Å²) in [7, 11) is 1.58. The maximum atomic E-state index is 12.9. The smallest absolute Gasteiger partial charge is 0.327 e. The molecule has 0 radical (unpaired) electrons. The van der Waals surface area contributed by atoms with E-state index in [0.717, 1.165) is 40.9 Å². The first-order chi connectivity index (χ1) is 16.0. The molecule has 0 aromatic heterocycles. The molecule has 0 atom stereocenters. The monoisotopic (exact) mass is 472 g/mol. The Hall–Kier alpha value is -3.43. The van der Waals surface area contributed by atoms with Gasteiger partial charge in [0.25, 0.3) is 11.8 Å². The van der Waals surface area contributed by atoms with Gasteiger partial charge in [-0.05, 0) is 44.7 Å². The highest BCUT2D eigenvalue weighted by Crippen LogP contribution is 2.39. The number of amides is 5. The number of rotatable bonds is 7. The summed E-state index contributed by atoms with van der Waals surface area (Å²) in [5, 5.41) is 5.16. The van der Waals surface area contributed by atoms with Crippen LogP contribution in [0.25, 0.3) is 0 Å². The second-order valence-corrected chi connectivity index (χ2v) is 9.08. The third kappa shape index (κ3) is 5.21. The number of nitrogens with one attached hydrogen (secondary N) is 2. The lowest BCUT2D eigenvalue weighted by molar-refractivity contribution is -0.151. The molecule has 0 unspecified atom stereocenters. The third-order valence-electron chi connectivity index (χ3n) is 6.52. The number of ether oxygens (including phenoxy) is 1. The van der Waals surface area contributed by atoms with Crippen molar-refractivity contribution in [1.82, 2.24) is 15.1 Å². The van der Waals surface area contributed by atoms with E-state index in [1.807, 2.05) is 32.9 Å². The Morgan fingerprint density at radius 2 is 1.62 bits per heavy atom. The SMILES string of the molecule is Cc1cc(C)c(NC(=O)CNC(=O)COC(=O)CN2C(=O)N(C)C3(CCCCC3)C2=O)c(C)c1. The van der Waals surface area contributed by atoms with Gasteiger partial charge in [-0.3, -0.25) is 24.1 Å². The van der Waals surface area contributed by atoms with Crippen molar-refractivity contribution < 1.29 is 28.7 Å². The number of hydrogen-bond donors (Lipinski definition) is 2. The predicted molar refractivity (Wildman–Crippen MR) is 124 cm³/mol. The molecule has 1 aliphatic heterocycles. The molecule has 5 amide bonds. The molecule has 10 nitrogen and oxygen atoms in total. The number of carbonyl (C=O) groups excluding carboxylic acids is 5. The molecule has 1 saturated carbocycles. The minimum Gasteiger partial charge on any atom is -0.454 e. The zero-order valence-electron chi connectivity index (χ0n) is 20.2. The fourth-order valence-electron chi connectivity index (χ4n) is 4.78. The van der Waals surface area contributed by atoms with Crippen LogP contribution in [0.4, 0.5) is 10.5 Å². The van der Waals surface area contributed by atoms with Crippen LogP contribution in [-0.4, -0.2) is 71.8 Å². The van der Waals surface area contributed by atoms with Crippen molar-refractivity contribution in [3.05, 3.63) is 28.8 Å². The number of esters is 1. The molecular formula is C24H32N4O6. The Morgan fingerprint density at radius 3 is 2.24 bits per heavy atom. The van der Waals surface area contributed by atoms with Crippen LogP contribution in [0.5, 0.6) is 0 Å². The predicted octanol–water partition coefficient (Wildman–Crippen LogP) is 1.81. The van der Waals surface area contributed by atoms with E-state index in [1.54, 1.807) is 7.05 Å². The maximum absolute atomic E-state index is 12.9. The van der Waals surface area contributed by atoms with Gasteiger partial charge in [-0.2, -0.15) is 0 Å². The van der Waals surface area contributed by atoms with Gasteiger partial charge in [0.2, 0.25) is 5.91 Å². The zero-order chi connectivity index (χ0) is 25.0. The molecule has 1 spiro atoms. The van der Waals surface area contributed by atoms with Crippen molar-refractivity contribution in [2.45, 2.75) is 58.4 Å². The lowest BCUT2D eigenvalue weighted by atomic mass is 9.81.